The smallest absolute Gasteiger partial charge is 0.234 e. The van der Waals surface area contributed by atoms with Crippen molar-refractivity contribution in [3.8, 4) is 11.5 Å². The van der Waals surface area contributed by atoms with Crippen LogP contribution in [0.2, 0.25) is 0 Å². The third-order valence-corrected chi connectivity index (χ3v) is 4.21. The summed E-state index contributed by atoms with van der Waals surface area (Å²) in [5.74, 6) is 1.18. The van der Waals surface area contributed by atoms with E-state index in [9.17, 15) is 4.79 Å². The minimum atomic E-state index is -0.246. The topological polar surface area (TPSA) is 72.4 Å². The first-order valence-corrected chi connectivity index (χ1v) is 7.70. The monoisotopic (exact) mass is 299 g/mol. The number of carbonyl (C=O) groups excluding carboxylic acids is 1. The summed E-state index contributed by atoms with van der Waals surface area (Å²) in [6.07, 6.45) is 2.97. The van der Waals surface area contributed by atoms with Crippen LogP contribution in [0, 0.1) is 6.92 Å². The van der Waals surface area contributed by atoms with E-state index in [1.807, 2.05) is 37.3 Å². The zero-order chi connectivity index (χ0) is 15.5. The lowest BCUT2D eigenvalue weighted by atomic mass is 10.0. The molecule has 0 saturated carbocycles. The third-order valence-electron chi connectivity index (χ3n) is 4.21. The van der Waals surface area contributed by atoms with Gasteiger partial charge in [-0.2, -0.15) is 0 Å². The van der Waals surface area contributed by atoms with Crippen molar-refractivity contribution in [1.29, 1.82) is 0 Å². The molecular formula is C17H21N3O2. The molecule has 0 radical (unpaired) electrons. The van der Waals surface area contributed by atoms with Crippen LogP contribution in [0.1, 0.15) is 30.7 Å². The van der Waals surface area contributed by atoms with Gasteiger partial charge >= 0.3 is 0 Å². The number of hydrogen-bond donors (Lipinski definition) is 1. The molecule has 1 aromatic heterocycles. The van der Waals surface area contributed by atoms with Crippen molar-refractivity contribution in [1.82, 2.24) is 9.88 Å². The van der Waals surface area contributed by atoms with Crippen LogP contribution in [0.25, 0.3) is 11.5 Å². The van der Waals surface area contributed by atoms with Gasteiger partial charge in [-0.3, -0.25) is 9.69 Å². The molecule has 2 N–H and O–H groups in total. The SMILES string of the molecule is Cc1oc(-c2ccccc2)nc1CN1CCCCC1C(N)=O. The van der Waals surface area contributed by atoms with Crippen LogP contribution in [-0.4, -0.2) is 28.4 Å². The van der Waals surface area contributed by atoms with Gasteiger partial charge in [0.2, 0.25) is 11.8 Å². The number of hydrogen-bond acceptors (Lipinski definition) is 4. The van der Waals surface area contributed by atoms with Crippen molar-refractivity contribution >= 4 is 5.91 Å². The first-order chi connectivity index (χ1) is 10.6. The Kier molecular flexibility index (Phi) is 4.24. The Morgan fingerprint density at radius 2 is 2.14 bits per heavy atom. The zero-order valence-corrected chi connectivity index (χ0v) is 12.8. The van der Waals surface area contributed by atoms with E-state index in [2.05, 4.69) is 9.88 Å². The van der Waals surface area contributed by atoms with Crippen LogP contribution >= 0.6 is 0 Å². The van der Waals surface area contributed by atoms with Gasteiger partial charge in [-0.25, -0.2) is 4.98 Å². The molecule has 2 aromatic rings. The average Bonchev–Trinajstić information content (AvgIpc) is 2.90. The van der Waals surface area contributed by atoms with Crippen molar-refractivity contribution in [2.45, 2.75) is 38.8 Å². The lowest BCUT2D eigenvalue weighted by Crippen LogP contribution is -2.47. The highest BCUT2D eigenvalue weighted by molar-refractivity contribution is 5.79. The average molecular weight is 299 g/mol. The van der Waals surface area contributed by atoms with Crippen molar-refractivity contribution in [3.05, 3.63) is 41.8 Å². The van der Waals surface area contributed by atoms with Crippen molar-refractivity contribution < 1.29 is 9.21 Å². The van der Waals surface area contributed by atoms with Crippen LogP contribution < -0.4 is 5.73 Å². The quantitative estimate of drug-likeness (QED) is 0.941. The number of nitrogens with two attached hydrogens (primary N) is 1. The van der Waals surface area contributed by atoms with Crippen LogP contribution in [0.4, 0.5) is 0 Å². The summed E-state index contributed by atoms with van der Waals surface area (Å²) in [6.45, 7) is 3.40. The van der Waals surface area contributed by atoms with E-state index in [1.165, 1.54) is 0 Å². The van der Waals surface area contributed by atoms with Crippen LogP contribution in [0.5, 0.6) is 0 Å². The van der Waals surface area contributed by atoms with E-state index >= 15 is 0 Å². The Morgan fingerprint density at radius 1 is 1.36 bits per heavy atom. The maximum atomic E-state index is 11.6. The maximum absolute atomic E-state index is 11.6. The molecule has 1 saturated heterocycles. The summed E-state index contributed by atoms with van der Waals surface area (Å²) in [5, 5.41) is 0. The van der Waals surface area contributed by atoms with E-state index in [4.69, 9.17) is 10.2 Å². The molecule has 116 valence electrons. The Balaban J connectivity index is 1.80. The fourth-order valence-corrected chi connectivity index (χ4v) is 2.97. The number of piperidine rings is 1. The molecule has 1 aliphatic rings. The Morgan fingerprint density at radius 3 is 2.86 bits per heavy atom. The lowest BCUT2D eigenvalue weighted by Gasteiger charge is -2.32. The molecule has 1 amide bonds. The first-order valence-electron chi connectivity index (χ1n) is 7.70. The number of oxazole rings is 1. The molecule has 2 heterocycles. The second-order valence-corrected chi connectivity index (χ2v) is 5.77. The van der Waals surface area contributed by atoms with Gasteiger partial charge in [0, 0.05) is 12.1 Å². The van der Waals surface area contributed by atoms with Gasteiger partial charge in [0.15, 0.2) is 0 Å². The Hall–Kier alpha value is -2.14. The molecule has 1 aliphatic heterocycles. The van der Waals surface area contributed by atoms with Crippen molar-refractivity contribution in [2.24, 2.45) is 5.73 Å². The summed E-state index contributed by atoms with van der Waals surface area (Å²) >= 11 is 0. The number of rotatable bonds is 4. The van der Waals surface area contributed by atoms with Gasteiger partial charge in [0.05, 0.1) is 11.7 Å². The number of aryl methyl sites for hydroxylation is 1. The largest absolute Gasteiger partial charge is 0.441 e. The van der Waals surface area contributed by atoms with Gasteiger partial charge in [0.25, 0.3) is 0 Å². The fraction of sp³-hybridized carbons (Fsp3) is 0.412. The molecule has 1 fully saturated rings. The molecule has 5 heteroatoms. The summed E-state index contributed by atoms with van der Waals surface area (Å²) in [6, 6.07) is 9.64. The Labute approximate surface area is 130 Å². The summed E-state index contributed by atoms with van der Waals surface area (Å²) in [7, 11) is 0. The van der Waals surface area contributed by atoms with E-state index < -0.39 is 0 Å². The highest BCUT2D eigenvalue weighted by atomic mass is 16.4. The Bertz CT molecular complexity index is 651. The molecular weight excluding hydrogens is 278 g/mol. The number of carbonyl (C=O) groups is 1. The second-order valence-electron chi connectivity index (χ2n) is 5.77. The molecule has 0 aliphatic carbocycles. The second kappa shape index (κ2) is 6.32. The normalized spacial score (nSPS) is 19.2. The molecule has 1 atom stereocenters. The molecule has 1 aromatic carbocycles. The minimum Gasteiger partial charge on any atom is -0.441 e. The zero-order valence-electron chi connectivity index (χ0n) is 12.8. The number of amides is 1. The number of aromatic nitrogens is 1. The van der Waals surface area contributed by atoms with Crippen molar-refractivity contribution in [2.75, 3.05) is 6.54 Å². The highest BCUT2D eigenvalue weighted by Crippen LogP contribution is 2.24. The van der Waals surface area contributed by atoms with Crippen LogP contribution in [-0.2, 0) is 11.3 Å². The van der Waals surface area contributed by atoms with E-state index in [-0.39, 0.29) is 11.9 Å². The van der Waals surface area contributed by atoms with Gasteiger partial charge in [0.1, 0.15) is 5.76 Å². The van der Waals surface area contributed by atoms with Gasteiger partial charge in [-0.15, -0.1) is 0 Å². The van der Waals surface area contributed by atoms with Gasteiger partial charge in [-0.1, -0.05) is 24.6 Å². The molecule has 5 nitrogen and oxygen atoms in total. The van der Waals surface area contributed by atoms with Crippen molar-refractivity contribution in [3.63, 3.8) is 0 Å². The first kappa shape index (κ1) is 14.8. The number of primary amides is 1. The molecule has 0 bridgehead atoms. The minimum absolute atomic E-state index is 0.190. The predicted octanol–water partition coefficient (Wildman–Crippen LogP) is 2.49. The summed E-state index contributed by atoms with van der Waals surface area (Å²) in [5.41, 5.74) is 7.36. The van der Waals surface area contributed by atoms with Crippen LogP contribution in [0.15, 0.2) is 34.7 Å². The fourth-order valence-electron chi connectivity index (χ4n) is 2.97. The molecule has 3 rings (SSSR count). The maximum Gasteiger partial charge on any atom is 0.234 e. The predicted molar refractivity (Wildman–Crippen MR) is 83.9 cm³/mol. The number of likely N-dealkylation sites (tertiary alicyclic amines) is 1. The highest BCUT2D eigenvalue weighted by Gasteiger charge is 2.28. The molecule has 1 unspecified atom stereocenters. The molecule has 0 spiro atoms. The van der Waals surface area contributed by atoms with E-state index in [0.717, 1.165) is 42.8 Å². The summed E-state index contributed by atoms with van der Waals surface area (Å²) < 4.78 is 5.78. The third kappa shape index (κ3) is 3.04. The number of nitrogens with zero attached hydrogens (tertiary/aromatic N) is 2. The standard InChI is InChI=1S/C17H21N3O2/c1-12-14(11-20-10-6-5-9-15(20)16(18)21)19-17(22-12)13-7-3-2-4-8-13/h2-4,7-8,15H,5-6,9-11H2,1H3,(H2,18,21). The van der Waals surface area contributed by atoms with E-state index in [1.54, 1.807) is 0 Å². The van der Waals surface area contributed by atoms with Gasteiger partial charge in [-0.05, 0) is 38.4 Å². The van der Waals surface area contributed by atoms with Gasteiger partial charge < -0.3 is 10.2 Å². The summed E-state index contributed by atoms with van der Waals surface area (Å²) in [4.78, 5) is 18.3. The van der Waals surface area contributed by atoms with Crippen LogP contribution in [0.3, 0.4) is 0 Å². The molecule has 22 heavy (non-hydrogen) atoms. The lowest BCUT2D eigenvalue weighted by molar-refractivity contribution is -0.124. The number of benzene rings is 1. The van der Waals surface area contributed by atoms with E-state index in [0.29, 0.717) is 12.4 Å².